The van der Waals surface area contributed by atoms with Gasteiger partial charge in [-0.05, 0) is 52.9 Å². The number of nitrogens with zero attached hydrogens (tertiary/aromatic N) is 3. The fourth-order valence-electron chi connectivity index (χ4n) is 4.41. The number of rotatable bonds is 4. The van der Waals surface area contributed by atoms with Crippen molar-refractivity contribution in [2.24, 2.45) is 5.41 Å². The van der Waals surface area contributed by atoms with Gasteiger partial charge in [0.15, 0.2) is 0 Å². The molecule has 0 bridgehead atoms. The van der Waals surface area contributed by atoms with E-state index in [2.05, 4.69) is 58.4 Å². The normalized spacial score (nSPS) is 18.1. The maximum Gasteiger partial charge on any atom is 0.255 e. The Balaban J connectivity index is 1.37. The number of hydrogen-bond donors (Lipinski definition) is 2. The molecule has 5 rings (SSSR count). The standard InChI is InChI=1S/C26H29N5O2/c1-26(2,3)22-16-31(12-13-33-22)19-6-4-18(5-7-19)30-24-23-21(15-29-25(23)32)20(14-28-24)17-8-10-27-11-9-17/h4-11,14,22H,12-13,15-16H2,1-3H3,(H,28,30)(H,29,32). The summed E-state index contributed by atoms with van der Waals surface area (Å²) in [6, 6.07) is 12.2. The van der Waals surface area contributed by atoms with Crippen molar-refractivity contribution in [1.82, 2.24) is 15.3 Å². The minimum atomic E-state index is -0.103. The average Bonchev–Trinajstić information content (AvgIpc) is 3.22. The third-order valence-corrected chi connectivity index (χ3v) is 6.36. The highest BCUT2D eigenvalue weighted by Gasteiger charge is 2.31. The molecule has 2 aliphatic rings. The van der Waals surface area contributed by atoms with E-state index in [-0.39, 0.29) is 17.4 Å². The minimum Gasteiger partial charge on any atom is -0.374 e. The summed E-state index contributed by atoms with van der Waals surface area (Å²) < 4.78 is 5.99. The highest BCUT2D eigenvalue weighted by molar-refractivity contribution is 6.05. The summed E-state index contributed by atoms with van der Waals surface area (Å²) in [6.45, 7) is 9.64. The number of benzene rings is 1. The molecule has 7 heteroatoms. The van der Waals surface area contributed by atoms with Gasteiger partial charge < -0.3 is 20.3 Å². The number of pyridine rings is 2. The van der Waals surface area contributed by atoms with Crippen LogP contribution in [0.2, 0.25) is 0 Å². The Morgan fingerprint density at radius 2 is 1.88 bits per heavy atom. The molecule has 1 amide bonds. The Morgan fingerprint density at radius 1 is 1.12 bits per heavy atom. The van der Waals surface area contributed by atoms with Crippen LogP contribution in [0.4, 0.5) is 17.2 Å². The highest BCUT2D eigenvalue weighted by atomic mass is 16.5. The zero-order valence-electron chi connectivity index (χ0n) is 19.3. The lowest BCUT2D eigenvalue weighted by Gasteiger charge is -2.40. The number of aromatic nitrogens is 2. The lowest BCUT2D eigenvalue weighted by atomic mass is 9.88. The van der Waals surface area contributed by atoms with E-state index >= 15 is 0 Å². The zero-order valence-corrected chi connectivity index (χ0v) is 19.3. The molecule has 2 aromatic heterocycles. The fraction of sp³-hybridized carbons (Fsp3) is 0.346. The first-order valence-electron chi connectivity index (χ1n) is 11.3. The summed E-state index contributed by atoms with van der Waals surface area (Å²) >= 11 is 0. The topological polar surface area (TPSA) is 79.4 Å². The molecule has 1 saturated heterocycles. The predicted molar refractivity (Wildman–Crippen MR) is 130 cm³/mol. The van der Waals surface area contributed by atoms with Crippen LogP contribution in [0.3, 0.4) is 0 Å². The van der Waals surface area contributed by atoms with Crippen LogP contribution in [0.15, 0.2) is 55.0 Å². The molecule has 33 heavy (non-hydrogen) atoms. The number of nitrogens with one attached hydrogen (secondary N) is 2. The van der Waals surface area contributed by atoms with Crippen LogP contribution < -0.4 is 15.5 Å². The summed E-state index contributed by atoms with van der Waals surface area (Å²) in [5, 5.41) is 6.29. The number of carbonyl (C=O) groups is 1. The van der Waals surface area contributed by atoms with Crippen LogP contribution in [0.1, 0.15) is 36.7 Å². The lowest BCUT2D eigenvalue weighted by Crippen LogP contribution is -2.48. The van der Waals surface area contributed by atoms with Crippen LogP contribution in [0.5, 0.6) is 0 Å². The molecule has 1 fully saturated rings. The highest BCUT2D eigenvalue weighted by Crippen LogP contribution is 2.34. The Hall–Kier alpha value is -3.45. The number of ether oxygens (including phenoxy) is 1. The molecule has 1 unspecified atom stereocenters. The largest absolute Gasteiger partial charge is 0.374 e. The van der Waals surface area contributed by atoms with Crippen LogP contribution in [0.25, 0.3) is 11.1 Å². The Bertz CT molecular complexity index is 1160. The van der Waals surface area contributed by atoms with Gasteiger partial charge in [0, 0.05) is 55.2 Å². The quantitative estimate of drug-likeness (QED) is 0.623. The molecule has 7 nitrogen and oxygen atoms in total. The molecule has 2 N–H and O–H groups in total. The smallest absolute Gasteiger partial charge is 0.255 e. The second-order valence-corrected chi connectivity index (χ2v) is 9.64. The van der Waals surface area contributed by atoms with Crippen molar-refractivity contribution in [2.45, 2.75) is 33.4 Å². The van der Waals surface area contributed by atoms with Crippen molar-refractivity contribution < 1.29 is 9.53 Å². The lowest BCUT2D eigenvalue weighted by molar-refractivity contribution is -0.0265. The Labute approximate surface area is 194 Å². The number of carbonyl (C=O) groups excluding carboxylic acids is 1. The monoisotopic (exact) mass is 443 g/mol. The summed E-state index contributed by atoms with van der Waals surface area (Å²) in [5.41, 5.74) is 5.69. The van der Waals surface area contributed by atoms with Gasteiger partial charge in [0.05, 0.1) is 18.3 Å². The van der Waals surface area contributed by atoms with E-state index in [4.69, 9.17) is 4.74 Å². The molecule has 0 spiro atoms. The van der Waals surface area contributed by atoms with Gasteiger partial charge in [-0.1, -0.05) is 20.8 Å². The first-order valence-corrected chi connectivity index (χ1v) is 11.3. The minimum absolute atomic E-state index is 0.103. The summed E-state index contributed by atoms with van der Waals surface area (Å²) in [5.74, 6) is 0.471. The van der Waals surface area contributed by atoms with Gasteiger partial charge in [0.25, 0.3) is 5.91 Å². The van der Waals surface area contributed by atoms with Crippen molar-refractivity contribution in [2.75, 3.05) is 29.9 Å². The molecule has 1 aromatic carbocycles. The molecule has 4 heterocycles. The van der Waals surface area contributed by atoms with Gasteiger partial charge in [0.1, 0.15) is 5.82 Å². The SMILES string of the molecule is CC(C)(C)C1CN(c2ccc(Nc3ncc(-c4ccncc4)c4c3C(=O)NC4)cc2)CCO1. The van der Waals surface area contributed by atoms with Crippen molar-refractivity contribution in [3.63, 3.8) is 0 Å². The van der Waals surface area contributed by atoms with E-state index in [1.807, 2.05) is 30.5 Å². The first-order chi connectivity index (χ1) is 15.9. The third-order valence-electron chi connectivity index (χ3n) is 6.36. The maximum absolute atomic E-state index is 12.6. The van der Waals surface area contributed by atoms with Crippen LogP contribution in [0, 0.1) is 5.41 Å². The molecule has 170 valence electrons. The molecular weight excluding hydrogens is 414 g/mol. The molecule has 0 radical (unpaired) electrons. The van der Waals surface area contributed by atoms with Gasteiger partial charge in [-0.25, -0.2) is 4.98 Å². The Kier molecular flexibility index (Phi) is 5.50. The van der Waals surface area contributed by atoms with Crippen LogP contribution in [-0.4, -0.2) is 41.7 Å². The first kappa shape index (κ1) is 21.4. The maximum atomic E-state index is 12.6. The van der Waals surface area contributed by atoms with Crippen molar-refractivity contribution >= 4 is 23.1 Å². The predicted octanol–water partition coefficient (Wildman–Crippen LogP) is 4.38. The summed E-state index contributed by atoms with van der Waals surface area (Å²) in [7, 11) is 0. The van der Waals surface area contributed by atoms with Crippen LogP contribution >= 0.6 is 0 Å². The van der Waals surface area contributed by atoms with Crippen molar-refractivity contribution in [3.05, 3.63) is 66.1 Å². The van der Waals surface area contributed by atoms with Crippen LogP contribution in [-0.2, 0) is 11.3 Å². The molecule has 1 atom stereocenters. The van der Waals surface area contributed by atoms with E-state index < -0.39 is 0 Å². The zero-order chi connectivity index (χ0) is 23.0. The average molecular weight is 444 g/mol. The van der Waals surface area contributed by atoms with Gasteiger partial charge in [-0.3, -0.25) is 9.78 Å². The number of morpholine rings is 1. The van der Waals surface area contributed by atoms with Gasteiger partial charge in [-0.15, -0.1) is 0 Å². The molecule has 0 saturated carbocycles. The fourth-order valence-corrected chi connectivity index (χ4v) is 4.41. The van der Waals surface area contributed by atoms with Gasteiger partial charge in [-0.2, -0.15) is 0 Å². The summed E-state index contributed by atoms with van der Waals surface area (Å²) in [4.78, 5) is 23.7. The van der Waals surface area contributed by atoms with E-state index in [1.54, 1.807) is 12.4 Å². The van der Waals surface area contributed by atoms with E-state index in [9.17, 15) is 4.79 Å². The van der Waals surface area contributed by atoms with E-state index in [0.29, 0.717) is 17.9 Å². The van der Waals surface area contributed by atoms with E-state index in [0.717, 1.165) is 42.1 Å². The van der Waals surface area contributed by atoms with Crippen molar-refractivity contribution in [1.29, 1.82) is 0 Å². The van der Waals surface area contributed by atoms with E-state index in [1.165, 1.54) is 5.69 Å². The summed E-state index contributed by atoms with van der Waals surface area (Å²) in [6.07, 6.45) is 5.52. The van der Waals surface area contributed by atoms with Crippen molar-refractivity contribution in [3.8, 4) is 11.1 Å². The third kappa shape index (κ3) is 4.28. The molecule has 0 aliphatic carbocycles. The number of fused-ring (bicyclic) bond motifs is 1. The van der Waals surface area contributed by atoms with Gasteiger partial charge in [0.2, 0.25) is 0 Å². The second-order valence-electron chi connectivity index (χ2n) is 9.64. The Morgan fingerprint density at radius 3 is 2.61 bits per heavy atom. The van der Waals surface area contributed by atoms with Gasteiger partial charge >= 0.3 is 0 Å². The number of hydrogen-bond acceptors (Lipinski definition) is 6. The second kappa shape index (κ2) is 8.48. The molecule has 3 aromatic rings. The molecular formula is C26H29N5O2. The molecule has 2 aliphatic heterocycles. The number of amides is 1. The number of anilines is 3.